The maximum absolute atomic E-state index is 13.1. The number of pyridine rings is 2. The molecule has 2 aromatic heterocycles. The van der Waals surface area contributed by atoms with Gasteiger partial charge < -0.3 is 15.7 Å². The van der Waals surface area contributed by atoms with Crippen LogP contribution < -0.4 is 10.6 Å². The zero-order chi connectivity index (χ0) is 22.5. The molecule has 3 N–H and O–H groups in total. The lowest BCUT2D eigenvalue weighted by atomic mass is 9.56. The SMILES string of the molecule is O=C(c1cccc(CCCC2CNC3(C(O)c4ccccn4)CC2C3)n1)C12CC(CCN1)C2. The monoisotopic (exact) mass is 446 g/mol. The number of hydrogen-bond donors (Lipinski definition) is 3. The Morgan fingerprint density at radius 1 is 1.12 bits per heavy atom. The molecule has 2 atom stereocenters. The van der Waals surface area contributed by atoms with Gasteiger partial charge in [0.2, 0.25) is 5.78 Å². The fraction of sp³-hybridized carbons (Fsp3) is 0.593. The van der Waals surface area contributed by atoms with Gasteiger partial charge >= 0.3 is 0 Å². The van der Waals surface area contributed by atoms with Crippen molar-refractivity contribution in [2.24, 2.45) is 17.8 Å². The highest BCUT2D eigenvalue weighted by Crippen LogP contribution is 2.52. The Balaban J connectivity index is 1.01. The fourth-order valence-corrected chi connectivity index (χ4v) is 6.92. The molecule has 2 unspecified atom stereocenters. The van der Waals surface area contributed by atoms with E-state index in [0.717, 1.165) is 75.3 Å². The van der Waals surface area contributed by atoms with Crippen LogP contribution in [0.15, 0.2) is 42.6 Å². The zero-order valence-corrected chi connectivity index (χ0v) is 19.2. The molecule has 4 aliphatic heterocycles. The van der Waals surface area contributed by atoms with E-state index in [0.29, 0.717) is 17.5 Å². The standard InChI is InChI=1S/C27H34N4O2/c32-24(22-8-1-2-11-28-22)27-15-20(16-27)19(17-30-27)5-3-6-21-7-4-9-23(31-21)25(33)26-13-18(14-26)10-12-29-26/h1-2,4,7-9,11,18-20,24,29-30,32H,3,5-6,10,12-17H2. The molecule has 2 aliphatic carbocycles. The van der Waals surface area contributed by atoms with Crippen molar-refractivity contribution < 1.29 is 9.90 Å². The summed E-state index contributed by atoms with van der Waals surface area (Å²) in [6.45, 7) is 1.91. The molecule has 0 spiro atoms. The molecule has 6 fully saturated rings. The summed E-state index contributed by atoms with van der Waals surface area (Å²) in [5.74, 6) is 2.23. The van der Waals surface area contributed by atoms with E-state index < -0.39 is 6.10 Å². The lowest BCUT2D eigenvalue weighted by Gasteiger charge is -2.58. The molecule has 174 valence electrons. The molecular weight excluding hydrogens is 412 g/mol. The first-order valence-corrected chi connectivity index (χ1v) is 12.7. The maximum Gasteiger partial charge on any atom is 0.201 e. The van der Waals surface area contributed by atoms with Crippen molar-refractivity contribution in [1.82, 2.24) is 20.6 Å². The van der Waals surface area contributed by atoms with Gasteiger partial charge in [0.1, 0.15) is 11.8 Å². The van der Waals surface area contributed by atoms with Gasteiger partial charge in [-0.2, -0.15) is 0 Å². The number of hydrogen-bond acceptors (Lipinski definition) is 6. The second-order valence-electron chi connectivity index (χ2n) is 10.9. The summed E-state index contributed by atoms with van der Waals surface area (Å²) in [6.07, 6.45) is 9.55. The van der Waals surface area contributed by atoms with Gasteiger partial charge in [0.05, 0.1) is 16.8 Å². The van der Waals surface area contributed by atoms with Crippen LogP contribution in [0.4, 0.5) is 0 Å². The van der Waals surface area contributed by atoms with E-state index in [1.165, 1.54) is 6.42 Å². The molecule has 2 saturated carbocycles. The van der Waals surface area contributed by atoms with Crippen LogP contribution in [0.5, 0.6) is 0 Å². The van der Waals surface area contributed by atoms with Gasteiger partial charge in [-0.15, -0.1) is 0 Å². The van der Waals surface area contributed by atoms with Crippen molar-refractivity contribution >= 4 is 5.78 Å². The van der Waals surface area contributed by atoms with E-state index >= 15 is 0 Å². The number of aliphatic hydroxyl groups is 1. The van der Waals surface area contributed by atoms with Gasteiger partial charge in [0.15, 0.2) is 0 Å². The minimum atomic E-state index is -0.538. The first-order chi connectivity index (χ1) is 16.1. The van der Waals surface area contributed by atoms with Crippen molar-refractivity contribution in [2.75, 3.05) is 13.1 Å². The molecule has 6 heteroatoms. The number of nitrogens with zero attached hydrogens (tertiary/aromatic N) is 2. The van der Waals surface area contributed by atoms with Crippen LogP contribution in [0, 0.1) is 17.8 Å². The highest BCUT2D eigenvalue weighted by molar-refractivity contribution is 6.02. The maximum atomic E-state index is 13.1. The first kappa shape index (κ1) is 21.4. The fourth-order valence-electron chi connectivity index (χ4n) is 6.92. The van der Waals surface area contributed by atoms with Crippen molar-refractivity contribution in [3.05, 3.63) is 59.7 Å². The van der Waals surface area contributed by atoms with Crippen LogP contribution in [0.3, 0.4) is 0 Å². The molecular formula is C27H34N4O2. The van der Waals surface area contributed by atoms with Gasteiger partial charge in [0, 0.05) is 11.9 Å². The number of aromatic nitrogens is 2. The van der Waals surface area contributed by atoms with Gasteiger partial charge in [-0.1, -0.05) is 12.1 Å². The summed E-state index contributed by atoms with van der Waals surface area (Å²) in [7, 11) is 0. The van der Waals surface area contributed by atoms with Crippen molar-refractivity contribution in [2.45, 2.75) is 68.5 Å². The third kappa shape index (κ3) is 3.72. The Bertz CT molecular complexity index is 1000. The minimum Gasteiger partial charge on any atom is -0.385 e. The van der Waals surface area contributed by atoms with Gasteiger partial charge in [0.25, 0.3) is 0 Å². The quantitative estimate of drug-likeness (QED) is 0.540. The predicted molar refractivity (Wildman–Crippen MR) is 126 cm³/mol. The normalized spacial score (nSPS) is 35.2. The molecule has 8 rings (SSSR count). The number of nitrogens with one attached hydrogen (secondary N) is 2. The van der Waals surface area contributed by atoms with E-state index in [1.807, 2.05) is 30.3 Å². The van der Waals surface area contributed by atoms with Crippen LogP contribution >= 0.6 is 0 Å². The van der Waals surface area contributed by atoms with Crippen molar-refractivity contribution in [3.8, 4) is 0 Å². The number of ketones is 1. The molecule has 4 saturated heterocycles. The number of aliphatic hydroxyl groups excluding tert-OH is 1. The Morgan fingerprint density at radius 3 is 2.70 bits per heavy atom. The minimum absolute atomic E-state index is 0.189. The number of Topliss-reactive ketones (excluding diaryl/α,β-unsaturated/α-hetero) is 1. The number of piperidine rings is 4. The van der Waals surface area contributed by atoms with E-state index in [2.05, 4.69) is 21.7 Å². The van der Waals surface area contributed by atoms with Crippen LogP contribution in [-0.4, -0.2) is 45.0 Å². The van der Waals surface area contributed by atoms with Crippen LogP contribution in [0.25, 0.3) is 0 Å². The van der Waals surface area contributed by atoms with Crippen molar-refractivity contribution in [1.29, 1.82) is 0 Å². The number of fused-ring (bicyclic) bond motifs is 4. The van der Waals surface area contributed by atoms with E-state index in [4.69, 9.17) is 4.98 Å². The molecule has 6 heterocycles. The second-order valence-corrected chi connectivity index (χ2v) is 10.9. The molecule has 33 heavy (non-hydrogen) atoms. The summed E-state index contributed by atoms with van der Waals surface area (Å²) in [4.78, 5) is 22.2. The molecule has 4 bridgehead atoms. The number of rotatable bonds is 8. The summed E-state index contributed by atoms with van der Waals surface area (Å²) in [6, 6.07) is 11.7. The van der Waals surface area contributed by atoms with Crippen LogP contribution in [0.2, 0.25) is 0 Å². The second kappa shape index (κ2) is 8.26. The average molecular weight is 447 g/mol. The Labute approximate surface area is 195 Å². The van der Waals surface area contributed by atoms with Gasteiger partial charge in [-0.3, -0.25) is 9.78 Å². The summed E-state index contributed by atoms with van der Waals surface area (Å²) < 4.78 is 0. The largest absolute Gasteiger partial charge is 0.385 e. The lowest BCUT2D eigenvalue weighted by Crippen LogP contribution is -2.66. The third-order valence-electron chi connectivity index (χ3n) is 8.90. The molecule has 0 amide bonds. The predicted octanol–water partition coefficient (Wildman–Crippen LogP) is 3.23. The number of carbonyl (C=O) groups excluding carboxylic acids is 1. The van der Waals surface area contributed by atoms with E-state index in [9.17, 15) is 9.90 Å². The zero-order valence-electron chi connectivity index (χ0n) is 19.2. The molecule has 6 nitrogen and oxygen atoms in total. The first-order valence-electron chi connectivity index (χ1n) is 12.7. The summed E-state index contributed by atoms with van der Waals surface area (Å²) in [5, 5.41) is 18.0. The summed E-state index contributed by atoms with van der Waals surface area (Å²) >= 11 is 0. The van der Waals surface area contributed by atoms with Crippen LogP contribution in [-0.2, 0) is 6.42 Å². The lowest BCUT2D eigenvalue weighted by molar-refractivity contribution is -0.0842. The van der Waals surface area contributed by atoms with E-state index in [1.54, 1.807) is 6.20 Å². The average Bonchev–Trinajstić information content (AvgIpc) is 2.83. The highest BCUT2D eigenvalue weighted by atomic mass is 16.3. The summed E-state index contributed by atoms with van der Waals surface area (Å²) in [5.41, 5.74) is 1.90. The Hall–Kier alpha value is -2.15. The number of carbonyl (C=O) groups is 1. The van der Waals surface area contributed by atoms with Gasteiger partial charge in [-0.25, -0.2) is 4.98 Å². The van der Waals surface area contributed by atoms with Gasteiger partial charge in [-0.05, 0) is 106 Å². The molecule has 0 radical (unpaired) electrons. The molecule has 0 aromatic carbocycles. The highest BCUT2D eigenvalue weighted by Gasteiger charge is 2.55. The van der Waals surface area contributed by atoms with E-state index in [-0.39, 0.29) is 16.9 Å². The molecule has 6 aliphatic rings. The molecule has 2 aromatic rings. The topological polar surface area (TPSA) is 87.1 Å². The van der Waals surface area contributed by atoms with Crippen LogP contribution in [0.1, 0.15) is 72.9 Å². The Kier molecular flexibility index (Phi) is 5.35. The smallest absolute Gasteiger partial charge is 0.201 e. The Morgan fingerprint density at radius 2 is 2.00 bits per heavy atom. The third-order valence-corrected chi connectivity index (χ3v) is 8.90. The van der Waals surface area contributed by atoms with Crippen molar-refractivity contribution in [3.63, 3.8) is 0 Å². The number of aryl methyl sites for hydroxylation is 1.